The summed E-state index contributed by atoms with van der Waals surface area (Å²) < 4.78 is 0. The summed E-state index contributed by atoms with van der Waals surface area (Å²) >= 11 is 0. The van der Waals surface area contributed by atoms with Crippen LogP contribution in [0.2, 0.25) is 0 Å². The molecule has 0 radical (unpaired) electrons. The Balaban J connectivity index is 2.56. The van der Waals surface area contributed by atoms with Crippen molar-refractivity contribution < 1.29 is 4.79 Å². The highest BCUT2D eigenvalue weighted by Gasteiger charge is 2.18. The first-order chi connectivity index (χ1) is 5.79. The predicted molar refractivity (Wildman–Crippen MR) is 42.7 cm³/mol. The molecule has 0 fully saturated rings. The third-order valence-electron chi connectivity index (χ3n) is 1.85. The second-order valence-electron chi connectivity index (χ2n) is 2.59. The molecule has 12 heavy (non-hydrogen) atoms. The van der Waals surface area contributed by atoms with E-state index in [9.17, 15) is 4.79 Å². The number of anilines is 1. The van der Waals surface area contributed by atoms with E-state index >= 15 is 0 Å². The van der Waals surface area contributed by atoms with Gasteiger partial charge < -0.3 is 11.1 Å². The zero-order chi connectivity index (χ0) is 8.55. The van der Waals surface area contributed by atoms with Gasteiger partial charge in [-0.1, -0.05) is 0 Å². The highest BCUT2D eigenvalue weighted by Crippen LogP contribution is 2.20. The van der Waals surface area contributed by atoms with Crippen LogP contribution in [0.5, 0.6) is 0 Å². The summed E-state index contributed by atoms with van der Waals surface area (Å²) in [6.45, 7) is 0.800. The van der Waals surface area contributed by atoms with E-state index in [1.54, 1.807) is 0 Å². The molecular formula is C7H8N4O. The average molecular weight is 164 g/mol. The molecule has 1 aliphatic rings. The molecule has 2 rings (SSSR count). The SMILES string of the molecule is NC(=O)c1ncnc2c1CCN2. The van der Waals surface area contributed by atoms with Crippen LogP contribution in [0.1, 0.15) is 16.1 Å². The molecule has 5 nitrogen and oxygen atoms in total. The fraction of sp³-hybridized carbons (Fsp3) is 0.286. The number of hydrogen-bond donors (Lipinski definition) is 2. The summed E-state index contributed by atoms with van der Waals surface area (Å²) in [4.78, 5) is 18.7. The summed E-state index contributed by atoms with van der Waals surface area (Å²) in [5.41, 5.74) is 6.31. The van der Waals surface area contributed by atoms with Crippen molar-refractivity contribution >= 4 is 11.7 Å². The molecule has 1 amide bonds. The number of nitrogens with two attached hydrogens (primary N) is 1. The van der Waals surface area contributed by atoms with Gasteiger partial charge in [0.1, 0.15) is 17.8 Å². The summed E-state index contributed by atoms with van der Waals surface area (Å²) in [5.74, 6) is 0.246. The molecule has 0 saturated carbocycles. The van der Waals surface area contributed by atoms with Gasteiger partial charge in [0, 0.05) is 12.1 Å². The van der Waals surface area contributed by atoms with Gasteiger partial charge in [-0.3, -0.25) is 4.79 Å². The lowest BCUT2D eigenvalue weighted by molar-refractivity contribution is 0.0994. The minimum absolute atomic E-state index is 0.338. The third-order valence-corrected chi connectivity index (χ3v) is 1.85. The number of carbonyl (C=O) groups is 1. The largest absolute Gasteiger partial charge is 0.369 e. The molecule has 5 heteroatoms. The van der Waals surface area contributed by atoms with Crippen LogP contribution in [0.4, 0.5) is 5.82 Å². The summed E-state index contributed by atoms with van der Waals surface area (Å²) in [7, 11) is 0. The van der Waals surface area contributed by atoms with Crippen LogP contribution in [0.3, 0.4) is 0 Å². The zero-order valence-electron chi connectivity index (χ0n) is 6.37. The van der Waals surface area contributed by atoms with Crippen molar-refractivity contribution in [3.63, 3.8) is 0 Å². The standard InChI is InChI=1S/C7H8N4O/c8-6(12)5-4-1-2-9-7(4)11-3-10-5/h3H,1-2H2,(H2,8,12)(H,9,10,11). The van der Waals surface area contributed by atoms with Crippen LogP contribution < -0.4 is 11.1 Å². The first-order valence-electron chi connectivity index (χ1n) is 3.66. The van der Waals surface area contributed by atoms with E-state index in [-0.39, 0.29) is 0 Å². The van der Waals surface area contributed by atoms with E-state index in [0.29, 0.717) is 5.69 Å². The maximum absolute atomic E-state index is 10.9. The molecule has 0 unspecified atom stereocenters. The smallest absolute Gasteiger partial charge is 0.267 e. The number of nitrogens with one attached hydrogen (secondary N) is 1. The Hall–Kier alpha value is -1.65. The number of carbonyl (C=O) groups excluding carboxylic acids is 1. The average Bonchev–Trinajstić information content (AvgIpc) is 2.49. The molecule has 0 aromatic carbocycles. The maximum Gasteiger partial charge on any atom is 0.267 e. The van der Waals surface area contributed by atoms with Crippen molar-refractivity contribution in [1.29, 1.82) is 0 Å². The van der Waals surface area contributed by atoms with E-state index in [2.05, 4.69) is 15.3 Å². The topological polar surface area (TPSA) is 80.9 Å². The first kappa shape index (κ1) is 7.02. The summed E-state index contributed by atoms with van der Waals surface area (Å²) in [6.07, 6.45) is 2.12. The van der Waals surface area contributed by atoms with E-state index < -0.39 is 5.91 Å². The van der Waals surface area contributed by atoms with Gasteiger partial charge in [0.2, 0.25) is 0 Å². The minimum Gasteiger partial charge on any atom is -0.369 e. The van der Waals surface area contributed by atoms with Gasteiger partial charge in [-0.05, 0) is 6.42 Å². The van der Waals surface area contributed by atoms with Gasteiger partial charge in [-0.25, -0.2) is 9.97 Å². The Bertz CT molecular complexity index is 336. The second-order valence-corrected chi connectivity index (χ2v) is 2.59. The van der Waals surface area contributed by atoms with Gasteiger partial charge >= 0.3 is 0 Å². The summed E-state index contributed by atoms with van der Waals surface area (Å²) in [6, 6.07) is 0. The Morgan fingerprint density at radius 2 is 2.42 bits per heavy atom. The van der Waals surface area contributed by atoms with E-state index in [0.717, 1.165) is 24.3 Å². The highest BCUT2D eigenvalue weighted by atomic mass is 16.1. The number of amides is 1. The second kappa shape index (κ2) is 2.44. The third kappa shape index (κ3) is 0.903. The molecule has 0 saturated heterocycles. The molecular weight excluding hydrogens is 156 g/mol. The normalized spacial score (nSPS) is 13.7. The van der Waals surface area contributed by atoms with Crippen LogP contribution in [0, 0.1) is 0 Å². The van der Waals surface area contributed by atoms with E-state index in [4.69, 9.17) is 5.73 Å². The van der Waals surface area contributed by atoms with Crippen molar-refractivity contribution in [3.8, 4) is 0 Å². The molecule has 3 N–H and O–H groups in total. The van der Waals surface area contributed by atoms with Crippen molar-refractivity contribution in [3.05, 3.63) is 17.6 Å². The Morgan fingerprint density at radius 3 is 3.17 bits per heavy atom. The van der Waals surface area contributed by atoms with Crippen molar-refractivity contribution in [2.45, 2.75) is 6.42 Å². The molecule has 0 aliphatic carbocycles. The van der Waals surface area contributed by atoms with Crippen LogP contribution in [-0.2, 0) is 6.42 Å². The Labute approximate surface area is 69.0 Å². The van der Waals surface area contributed by atoms with Crippen LogP contribution in [0.25, 0.3) is 0 Å². The maximum atomic E-state index is 10.9. The lowest BCUT2D eigenvalue weighted by Gasteiger charge is -2.00. The van der Waals surface area contributed by atoms with Crippen molar-refractivity contribution in [2.75, 3.05) is 11.9 Å². The van der Waals surface area contributed by atoms with Crippen LogP contribution >= 0.6 is 0 Å². The molecule has 0 bridgehead atoms. The van der Waals surface area contributed by atoms with Crippen molar-refractivity contribution in [1.82, 2.24) is 9.97 Å². The first-order valence-corrected chi connectivity index (χ1v) is 3.66. The fourth-order valence-electron chi connectivity index (χ4n) is 1.32. The molecule has 1 aromatic rings. The molecule has 1 aliphatic heterocycles. The lowest BCUT2D eigenvalue weighted by Crippen LogP contribution is -2.15. The highest BCUT2D eigenvalue weighted by molar-refractivity contribution is 5.93. The molecule has 1 aromatic heterocycles. The van der Waals surface area contributed by atoms with Gasteiger partial charge in [-0.2, -0.15) is 0 Å². The van der Waals surface area contributed by atoms with Crippen LogP contribution in [-0.4, -0.2) is 22.4 Å². The number of primary amides is 1. The summed E-state index contributed by atoms with van der Waals surface area (Å²) in [5, 5.41) is 3.04. The van der Waals surface area contributed by atoms with Gasteiger partial charge in [0.25, 0.3) is 5.91 Å². The fourth-order valence-corrected chi connectivity index (χ4v) is 1.32. The molecule has 62 valence electrons. The number of hydrogen-bond acceptors (Lipinski definition) is 4. The quantitative estimate of drug-likeness (QED) is 0.588. The molecule has 0 spiro atoms. The Morgan fingerprint density at radius 1 is 1.58 bits per heavy atom. The lowest BCUT2D eigenvalue weighted by atomic mass is 10.2. The van der Waals surface area contributed by atoms with E-state index in [1.807, 2.05) is 0 Å². The van der Waals surface area contributed by atoms with Gasteiger partial charge in [0.15, 0.2) is 0 Å². The van der Waals surface area contributed by atoms with Crippen molar-refractivity contribution in [2.24, 2.45) is 5.73 Å². The number of nitrogens with zero attached hydrogens (tertiary/aromatic N) is 2. The monoisotopic (exact) mass is 164 g/mol. The predicted octanol–water partition coefficient (Wildman–Crippen LogP) is -0.457. The number of aromatic nitrogens is 2. The van der Waals surface area contributed by atoms with E-state index in [1.165, 1.54) is 6.33 Å². The van der Waals surface area contributed by atoms with Gasteiger partial charge in [-0.15, -0.1) is 0 Å². The number of rotatable bonds is 1. The minimum atomic E-state index is -0.489. The molecule has 0 atom stereocenters. The number of fused-ring (bicyclic) bond motifs is 1. The zero-order valence-corrected chi connectivity index (χ0v) is 6.37. The Kier molecular flexibility index (Phi) is 1.43. The van der Waals surface area contributed by atoms with Gasteiger partial charge in [0.05, 0.1) is 0 Å². The molecule has 2 heterocycles. The van der Waals surface area contributed by atoms with Crippen LogP contribution in [0.15, 0.2) is 6.33 Å².